The highest BCUT2D eigenvalue weighted by atomic mass is 28.4. The first-order chi connectivity index (χ1) is 13.2. The van der Waals surface area contributed by atoms with E-state index in [0.717, 1.165) is 30.8 Å². The molecule has 1 heterocycles. The van der Waals surface area contributed by atoms with Crippen LogP contribution in [0.1, 0.15) is 38.4 Å². The zero-order valence-electron chi connectivity index (χ0n) is 18.2. The van der Waals surface area contributed by atoms with Crippen molar-refractivity contribution in [3.8, 4) is 11.3 Å². The molecule has 0 saturated carbocycles. The van der Waals surface area contributed by atoms with E-state index in [4.69, 9.17) is 9.41 Å². The molecule has 3 heteroatoms. The van der Waals surface area contributed by atoms with Crippen molar-refractivity contribution < 1.29 is 4.43 Å². The van der Waals surface area contributed by atoms with Crippen LogP contribution >= 0.6 is 0 Å². The van der Waals surface area contributed by atoms with E-state index in [-0.39, 0.29) is 5.04 Å². The van der Waals surface area contributed by atoms with E-state index in [9.17, 15) is 0 Å². The molecule has 0 aliphatic carbocycles. The van der Waals surface area contributed by atoms with Crippen molar-refractivity contribution in [2.75, 3.05) is 6.61 Å². The maximum atomic E-state index is 6.34. The third-order valence-corrected chi connectivity index (χ3v) is 10.5. The SMILES string of the molecule is Cc1ccc(-c2nc(CCCO[Si](C)(C)C(C)(C)C)cc3ccccc23)cc1. The summed E-state index contributed by atoms with van der Waals surface area (Å²) in [5.74, 6) is 0. The molecule has 2 aromatic carbocycles. The second-order valence-corrected chi connectivity index (χ2v) is 14.1. The van der Waals surface area contributed by atoms with Gasteiger partial charge in [-0.05, 0) is 49.4 Å². The lowest BCUT2D eigenvalue weighted by Gasteiger charge is -2.36. The third-order valence-electron chi connectivity index (χ3n) is 5.96. The highest BCUT2D eigenvalue weighted by molar-refractivity contribution is 6.74. The van der Waals surface area contributed by atoms with E-state index in [2.05, 4.69) is 95.4 Å². The molecule has 0 saturated heterocycles. The van der Waals surface area contributed by atoms with Crippen LogP contribution in [0.5, 0.6) is 0 Å². The van der Waals surface area contributed by atoms with Gasteiger partial charge >= 0.3 is 0 Å². The van der Waals surface area contributed by atoms with Gasteiger partial charge in [0.05, 0.1) is 5.69 Å². The Morgan fingerprint density at radius 2 is 1.64 bits per heavy atom. The van der Waals surface area contributed by atoms with Gasteiger partial charge in [-0.2, -0.15) is 0 Å². The molecule has 28 heavy (non-hydrogen) atoms. The highest BCUT2D eigenvalue weighted by Gasteiger charge is 2.36. The Morgan fingerprint density at radius 1 is 0.964 bits per heavy atom. The molecule has 3 aromatic rings. The maximum absolute atomic E-state index is 6.34. The van der Waals surface area contributed by atoms with Crippen LogP contribution in [0.15, 0.2) is 54.6 Å². The van der Waals surface area contributed by atoms with Crippen LogP contribution in [-0.4, -0.2) is 19.9 Å². The molecule has 0 spiro atoms. The number of aryl methyl sites for hydroxylation is 2. The first kappa shape index (κ1) is 20.8. The molecule has 2 nitrogen and oxygen atoms in total. The number of aromatic nitrogens is 1. The minimum absolute atomic E-state index is 0.257. The number of hydrogen-bond acceptors (Lipinski definition) is 2. The van der Waals surface area contributed by atoms with Crippen molar-refractivity contribution in [1.82, 2.24) is 4.98 Å². The van der Waals surface area contributed by atoms with E-state index in [1.807, 2.05) is 0 Å². The highest BCUT2D eigenvalue weighted by Crippen LogP contribution is 2.36. The van der Waals surface area contributed by atoms with Crippen LogP contribution in [0.3, 0.4) is 0 Å². The molecule has 0 aliphatic rings. The minimum Gasteiger partial charge on any atom is -0.417 e. The number of rotatable bonds is 6. The average Bonchev–Trinajstić information content (AvgIpc) is 2.64. The van der Waals surface area contributed by atoms with Gasteiger partial charge in [-0.15, -0.1) is 0 Å². The zero-order valence-corrected chi connectivity index (χ0v) is 19.2. The topological polar surface area (TPSA) is 22.1 Å². The molecule has 0 radical (unpaired) electrons. The molecule has 0 amide bonds. The zero-order chi connectivity index (χ0) is 20.4. The fraction of sp³-hybridized carbons (Fsp3) is 0.400. The fourth-order valence-corrected chi connectivity index (χ4v) is 4.20. The summed E-state index contributed by atoms with van der Waals surface area (Å²) < 4.78 is 6.34. The quantitative estimate of drug-likeness (QED) is 0.328. The van der Waals surface area contributed by atoms with Crippen LogP contribution < -0.4 is 0 Å². The molecule has 0 N–H and O–H groups in total. The van der Waals surface area contributed by atoms with Gasteiger partial charge in [0.25, 0.3) is 0 Å². The van der Waals surface area contributed by atoms with Gasteiger partial charge in [-0.25, -0.2) is 0 Å². The van der Waals surface area contributed by atoms with Crippen LogP contribution in [0, 0.1) is 6.92 Å². The van der Waals surface area contributed by atoms with E-state index >= 15 is 0 Å². The summed E-state index contributed by atoms with van der Waals surface area (Å²) in [4.78, 5) is 5.04. The monoisotopic (exact) mass is 391 g/mol. The second kappa shape index (κ2) is 8.18. The van der Waals surface area contributed by atoms with Gasteiger partial charge in [0.1, 0.15) is 0 Å². The largest absolute Gasteiger partial charge is 0.417 e. The lowest BCUT2D eigenvalue weighted by Crippen LogP contribution is -2.41. The third kappa shape index (κ3) is 4.71. The van der Waals surface area contributed by atoms with Gasteiger partial charge in [-0.1, -0.05) is 74.9 Å². The Labute approximate surface area is 171 Å². The van der Waals surface area contributed by atoms with Crippen LogP contribution in [0.4, 0.5) is 0 Å². The van der Waals surface area contributed by atoms with Crippen molar-refractivity contribution in [2.45, 2.75) is 58.7 Å². The normalized spacial score (nSPS) is 12.5. The molecule has 0 aliphatic heterocycles. The van der Waals surface area contributed by atoms with Crippen molar-refractivity contribution in [3.63, 3.8) is 0 Å². The Morgan fingerprint density at radius 3 is 2.32 bits per heavy atom. The Kier molecular flexibility index (Phi) is 6.06. The van der Waals surface area contributed by atoms with E-state index in [0.29, 0.717) is 0 Å². The van der Waals surface area contributed by atoms with E-state index < -0.39 is 8.32 Å². The average molecular weight is 392 g/mol. The lowest BCUT2D eigenvalue weighted by atomic mass is 10.0. The molecule has 3 rings (SSSR count). The van der Waals surface area contributed by atoms with Gasteiger partial charge < -0.3 is 4.43 Å². The van der Waals surface area contributed by atoms with E-state index in [1.54, 1.807) is 0 Å². The van der Waals surface area contributed by atoms with Crippen molar-refractivity contribution >= 4 is 19.1 Å². The van der Waals surface area contributed by atoms with Gasteiger partial charge in [0.2, 0.25) is 0 Å². The van der Waals surface area contributed by atoms with Crippen LogP contribution in [0.2, 0.25) is 18.1 Å². The summed E-state index contributed by atoms with van der Waals surface area (Å²) in [6, 6.07) is 19.4. The van der Waals surface area contributed by atoms with Crippen molar-refractivity contribution in [1.29, 1.82) is 0 Å². The fourth-order valence-electron chi connectivity index (χ4n) is 3.11. The second-order valence-electron chi connectivity index (χ2n) is 9.26. The molecular weight excluding hydrogens is 358 g/mol. The smallest absolute Gasteiger partial charge is 0.191 e. The molecule has 0 unspecified atom stereocenters. The number of hydrogen-bond donors (Lipinski definition) is 0. The predicted molar refractivity (Wildman–Crippen MR) is 123 cm³/mol. The molecule has 0 bridgehead atoms. The van der Waals surface area contributed by atoms with E-state index in [1.165, 1.54) is 21.9 Å². The molecule has 148 valence electrons. The van der Waals surface area contributed by atoms with Gasteiger partial charge in [-0.3, -0.25) is 4.98 Å². The molecule has 1 aromatic heterocycles. The van der Waals surface area contributed by atoms with Crippen LogP contribution in [0.25, 0.3) is 22.0 Å². The standard InChI is InChI=1S/C25H33NOSi/c1-19-13-15-20(16-14-19)24-23-12-8-7-10-21(23)18-22(26-24)11-9-17-27-28(5,6)25(2,3)4/h7-8,10,12-16,18H,9,11,17H2,1-6H3. The first-order valence-corrected chi connectivity index (χ1v) is 13.2. The Hall–Kier alpha value is -1.97. The maximum Gasteiger partial charge on any atom is 0.191 e. The Bertz CT molecular complexity index is 939. The molecular formula is C25H33NOSi. The van der Waals surface area contributed by atoms with Crippen molar-refractivity contribution in [2.24, 2.45) is 0 Å². The lowest BCUT2D eigenvalue weighted by molar-refractivity contribution is 0.282. The van der Waals surface area contributed by atoms with Crippen LogP contribution in [-0.2, 0) is 10.8 Å². The molecule has 0 atom stereocenters. The summed E-state index contributed by atoms with van der Waals surface area (Å²) in [5, 5.41) is 2.73. The first-order valence-electron chi connectivity index (χ1n) is 10.3. The Balaban J connectivity index is 1.80. The van der Waals surface area contributed by atoms with Crippen molar-refractivity contribution in [3.05, 3.63) is 65.9 Å². The summed E-state index contributed by atoms with van der Waals surface area (Å²) in [6.45, 7) is 14.4. The number of fused-ring (bicyclic) bond motifs is 1. The summed E-state index contributed by atoms with van der Waals surface area (Å²) >= 11 is 0. The minimum atomic E-state index is -1.68. The number of nitrogens with zero attached hydrogens (tertiary/aromatic N) is 1. The summed E-state index contributed by atoms with van der Waals surface area (Å²) in [6.07, 6.45) is 1.95. The summed E-state index contributed by atoms with van der Waals surface area (Å²) in [5.41, 5.74) is 4.68. The predicted octanol–water partition coefficient (Wildman–Crippen LogP) is 7.16. The number of benzene rings is 2. The molecule has 0 fully saturated rings. The van der Waals surface area contributed by atoms with Gasteiger partial charge in [0, 0.05) is 23.3 Å². The summed E-state index contributed by atoms with van der Waals surface area (Å²) in [7, 11) is -1.68. The number of pyridine rings is 1. The van der Waals surface area contributed by atoms with Gasteiger partial charge in [0.15, 0.2) is 8.32 Å².